The number of benzene rings is 2. The molecule has 1 aliphatic heterocycles. The third-order valence-corrected chi connectivity index (χ3v) is 8.98. The van der Waals surface area contributed by atoms with Crippen LogP contribution >= 0.6 is 0 Å². The van der Waals surface area contributed by atoms with Crippen molar-refractivity contribution in [3.8, 4) is 5.75 Å². The molecule has 0 radical (unpaired) electrons. The number of nitrogens with one attached hydrogen (secondary N) is 1. The number of hydrogen-bond acceptors (Lipinski definition) is 6. The van der Waals surface area contributed by atoms with Crippen molar-refractivity contribution in [2.45, 2.75) is 62.0 Å². The lowest BCUT2D eigenvalue weighted by atomic mass is 10.0. The number of amides is 1. The molecular formula is C24H32N2O6S2. The van der Waals surface area contributed by atoms with E-state index in [1.807, 2.05) is 32.0 Å². The highest BCUT2D eigenvalue weighted by Crippen LogP contribution is 2.26. The van der Waals surface area contributed by atoms with Gasteiger partial charge in [-0.2, -0.15) is 4.31 Å². The molecule has 0 atom stereocenters. The van der Waals surface area contributed by atoms with Gasteiger partial charge in [0.15, 0.2) is 15.4 Å². The van der Waals surface area contributed by atoms with E-state index >= 15 is 0 Å². The number of nitrogens with zero attached hydrogens (tertiary/aromatic N) is 1. The fraction of sp³-hybridized carbons (Fsp3) is 0.458. The molecule has 2 aromatic rings. The van der Waals surface area contributed by atoms with Gasteiger partial charge in [0, 0.05) is 25.4 Å². The van der Waals surface area contributed by atoms with Crippen LogP contribution < -0.4 is 10.1 Å². The number of aryl methyl sites for hydroxylation is 2. The summed E-state index contributed by atoms with van der Waals surface area (Å²) in [5.41, 5.74) is 0.884. The van der Waals surface area contributed by atoms with Crippen molar-refractivity contribution in [2.75, 3.05) is 19.3 Å². The third kappa shape index (κ3) is 5.97. The Kier molecular flexibility index (Phi) is 7.45. The van der Waals surface area contributed by atoms with E-state index in [1.54, 1.807) is 13.8 Å². The fourth-order valence-corrected chi connectivity index (χ4v) is 5.85. The number of hydrogen-bond donors (Lipinski definition) is 1. The molecule has 186 valence electrons. The van der Waals surface area contributed by atoms with E-state index in [2.05, 4.69) is 5.32 Å². The minimum atomic E-state index is -3.75. The maximum absolute atomic E-state index is 13.0. The van der Waals surface area contributed by atoms with Crippen molar-refractivity contribution in [1.82, 2.24) is 9.62 Å². The molecule has 1 heterocycles. The molecule has 1 fully saturated rings. The molecule has 0 aliphatic carbocycles. The second kappa shape index (κ2) is 9.67. The molecule has 1 amide bonds. The largest absolute Gasteiger partial charge is 0.478 e. The third-order valence-electron chi connectivity index (χ3n) is 5.93. The van der Waals surface area contributed by atoms with Gasteiger partial charge >= 0.3 is 0 Å². The van der Waals surface area contributed by atoms with Crippen LogP contribution in [0.3, 0.4) is 0 Å². The van der Waals surface area contributed by atoms with Gasteiger partial charge in [-0.15, -0.1) is 0 Å². The molecule has 0 spiro atoms. The van der Waals surface area contributed by atoms with Crippen LogP contribution in [0.4, 0.5) is 0 Å². The van der Waals surface area contributed by atoms with Crippen molar-refractivity contribution < 1.29 is 26.4 Å². The molecule has 3 rings (SSSR count). The van der Waals surface area contributed by atoms with E-state index in [4.69, 9.17) is 4.74 Å². The summed E-state index contributed by atoms with van der Waals surface area (Å²) < 4.78 is 56.6. The summed E-state index contributed by atoms with van der Waals surface area (Å²) in [6.07, 6.45) is 2.00. The highest BCUT2D eigenvalue weighted by atomic mass is 32.2. The number of piperidine rings is 1. The predicted molar refractivity (Wildman–Crippen MR) is 130 cm³/mol. The molecule has 0 bridgehead atoms. The van der Waals surface area contributed by atoms with Gasteiger partial charge in [-0.3, -0.25) is 4.79 Å². The molecule has 34 heavy (non-hydrogen) atoms. The molecule has 1 aliphatic rings. The standard InChI is InChI=1S/C24H32N2O6S2/c1-17-6-7-18(2)22(16-17)32-24(3,4)23(27)25-19-12-14-26(15-13-19)34(30,31)21-10-8-20(9-11-21)33(5,28)29/h6-11,16,19H,12-15H2,1-5H3,(H,25,27). The van der Waals surface area contributed by atoms with Gasteiger partial charge in [-0.1, -0.05) is 12.1 Å². The Morgan fingerprint density at radius 1 is 0.971 bits per heavy atom. The molecule has 10 heteroatoms. The summed E-state index contributed by atoms with van der Waals surface area (Å²) in [7, 11) is -7.16. The molecule has 0 unspecified atom stereocenters. The van der Waals surface area contributed by atoms with Crippen LogP contribution in [0.2, 0.25) is 0 Å². The maximum atomic E-state index is 13.0. The molecule has 0 saturated carbocycles. The van der Waals surface area contributed by atoms with Gasteiger partial charge in [0.1, 0.15) is 5.75 Å². The fourth-order valence-electron chi connectivity index (χ4n) is 3.75. The first-order valence-corrected chi connectivity index (χ1v) is 14.4. The quantitative estimate of drug-likeness (QED) is 0.616. The first kappa shape index (κ1) is 26.2. The van der Waals surface area contributed by atoms with Crippen molar-refractivity contribution in [3.63, 3.8) is 0 Å². The lowest BCUT2D eigenvalue weighted by Gasteiger charge is -2.34. The Morgan fingerprint density at radius 2 is 1.53 bits per heavy atom. The number of sulfonamides is 1. The first-order chi connectivity index (χ1) is 15.7. The minimum absolute atomic E-state index is 0.0467. The molecule has 8 nitrogen and oxygen atoms in total. The van der Waals surface area contributed by atoms with E-state index < -0.39 is 25.5 Å². The zero-order valence-corrected chi connectivity index (χ0v) is 21.8. The molecule has 2 aromatic carbocycles. The van der Waals surface area contributed by atoms with Crippen LogP contribution in [-0.4, -0.2) is 58.0 Å². The topological polar surface area (TPSA) is 110 Å². The van der Waals surface area contributed by atoms with Gasteiger partial charge in [-0.25, -0.2) is 16.8 Å². The Morgan fingerprint density at radius 3 is 2.09 bits per heavy atom. The van der Waals surface area contributed by atoms with Crippen molar-refractivity contribution >= 4 is 25.8 Å². The molecule has 1 N–H and O–H groups in total. The molecule has 1 saturated heterocycles. The van der Waals surface area contributed by atoms with E-state index in [9.17, 15) is 21.6 Å². The average molecular weight is 509 g/mol. The van der Waals surface area contributed by atoms with Crippen molar-refractivity contribution in [2.24, 2.45) is 0 Å². The van der Waals surface area contributed by atoms with Gasteiger partial charge < -0.3 is 10.1 Å². The van der Waals surface area contributed by atoms with Gasteiger partial charge in [0.2, 0.25) is 10.0 Å². The molecule has 0 aromatic heterocycles. The van der Waals surface area contributed by atoms with E-state index in [0.29, 0.717) is 18.6 Å². The van der Waals surface area contributed by atoms with Gasteiger partial charge in [-0.05, 0) is 82.0 Å². The van der Waals surface area contributed by atoms with Crippen molar-refractivity contribution in [3.05, 3.63) is 53.6 Å². The monoisotopic (exact) mass is 508 g/mol. The van der Waals surface area contributed by atoms with Crippen LogP contribution in [0.25, 0.3) is 0 Å². The predicted octanol–water partition coefficient (Wildman–Crippen LogP) is 2.83. The summed E-state index contributed by atoms with van der Waals surface area (Å²) in [6, 6.07) is 10.9. The lowest BCUT2D eigenvalue weighted by Crippen LogP contribution is -2.53. The van der Waals surface area contributed by atoms with E-state index in [-0.39, 0.29) is 34.8 Å². The van der Waals surface area contributed by atoms with E-state index in [1.165, 1.54) is 28.6 Å². The summed E-state index contributed by atoms with van der Waals surface area (Å²) in [6.45, 7) is 7.81. The summed E-state index contributed by atoms with van der Waals surface area (Å²) >= 11 is 0. The van der Waals surface area contributed by atoms with Crippen LogP contribution in [0.5, 0.6) is 5.75 Å². The number of ether oxygens (including phenoxy) is 1. The Hall–Kier alpha value is -2.43. The second-order valence-corrected chi connectivity index (χ2v) is 13.2. The Bertz CT molecular complexity index is 1260. The zero-order valence-electron chi connectivity index (χ0n) is 20.2. The van der Waals surface area contributed by atoms with E-state index in [0.717, 1.165) is 17.4 Å². The van der Waals surface area contributed by atoms with Crippen LogP contribution in [0.1, 0.15) is 37.8 Å². The number of sulfone groups is 1. The normalized spacial score (nSPS) is 16.3. The van der Waals surface area contributed by atoms with Crippen LogP contribution in [-0.2, 0) is 24.7 Å². The SMILES string of the molecule is Cc1ccc(C)c(OC(C)(C)C(=O)NC2CCN(S(=O)(=O)c3ccc(S(C)(=O)=O)cc3)CC2)c1. The molecular weight excluding hydrogens is 476 g/mol. The average Bonchev–Trinajstić information content (AvgIpc) is 2.76. The second-order valence-electron chi connectivity index (χ2n) is 9.28. The smallest absolute Gasteiger partial charge is 0.263 e. The zero-order chi connectivity index (χ0) is 25.3. The van der Waals surface area contributed by atoms with Gasteiger partial charge in [0.25, 0.3) is 5.91 Å². The maximum Gasteiger partial charge on any atom is 0.263 e. The number of carbonyl (C=O) groups excluding carboxylic acids is 1. The first-order valence-electron chi connectivity index (χ1n) is 11.1. The Balaban J connectivity index is 1.60. The Labute approximate surface area is 202 Å². The highest BCUT2D eigenvalue weighted by Gasteiger charge is 2.35. The number of carbonyl (C=O) groups is 1. The van der Waals surface area contributed by atoms with Crippen LogP contribution in [0.15, 0.2) is 52.3 Å². The lowest BCUT2D eigenvalue weighted by molar-refractivity contribution is -0.135. The van der Waals surface area contributed by atoms with Gasteiger partial charge in [0.05, 0.1) is 9.79 Å². The summed E-state index contributed by atoms with van der Waals surface area (Å²) in [5, 5.41) is 3.00. The summed E-state index contributed by atoms with van der Waals surface area (Å²) in [4.78, 5) is 13.0. The summed E-state index contributed by atoms with van der Waals surface area (Å²) in [5.74, 6) is 0.397. The number of rotatable bonds is 7. The van der Waals surface area contributed by atoms with Crippen LogP contribution in [0, 0.1) is 13.8 Å². The van der Waals surface area contributed by atoms with Crippen molar-refractivity contribution in [1.29, 1.82) is 0 Å². The minimum Gasteiger partial charge on any atom is -0.478 e. The highest BCUT2D eigenvalue weighted by molar-refractivity contribution is 7.90.